The predicted octanol–water partition coefficient (Wildman–Crippen LogP) is 3.70. The Balaban J connectivity index is 1.63. The summed E-state index contributed by atoms with van der Waals surface area (Å²) in [6.07, 6.45) is 7.78. The molecule has 0 saturated carbocycles. The molecule has 0 aromatic carbocycles. The number of rotatable bonds is 5. The summed E-state index contributed by atoms with van der Waals surface area (Å²) in [4.78, 5) is 11.7. The van der Waals surface area contributed by atoms with E-state index in [0.29, 0.717) is 0 Å². The third kappa shape index (κ3) is 4.04. The summed E-state index contributed by atoms with van der Waals surface area (Å²) in [5.41, 5.74) is 3.45. The van der Waals surface area contributed by atoms with E-state index < -0.39 is 0 Å². The molecule has 3 rings (SSSR count). The van der Waals surface area contributed by atoms with Crippen molar-refractivity contribution in [2.75, 3.05) is 19.6 Å². The lowest BCUT2D eigenvalue weighted by Gasteiger charge is -2.33. The van der Waals surface area contributed by atoms with Crippen LogP contribution in [0.4, 0.5) is 0 Å². The Morgan fingerprint density at radius 1 is 1.21 bits per heavy atom. The van der Waals surface area contributed by atoms with E-state index in [4.69, 9.17) is 0 Å². The van der Waals surface area contributed by atoms with Crippen molar-refractivity contribution in [3.05, 3.63) is 35.9 Å². The zero-order valence-corrected chi connectivity index (χ0v) is 15.5. The van der Waals surface area contributed by atoms with Crippen LogP contribution in [0.25, 0.3) is 11.4 Å². The van der Waals surface area contributed by atoms with Gasteiger partial charge in [0.25, 0.3) is 0 Å². The fourth-order valence-electron chi connectivity index (χ4n) is 3.77. The van der Waals surface area contributed by atoms with Crippen LogP contribution >= 0.6 is 0 Å². The van der Waals surface area contributed by atoms with E-state index in [0.717, 1.165) is 35.5 Å². The van der Waals surface area contributed by atoms with Gasteiger partial charge in [-0.15, -0.1) is 0 Å². The third-order valence-electron chi connectivity index (χ3n) is 5.06. The quantitative estimate of drug-likeness (QED) is 0.840. The molecule has 24 heavy (non-hydrogen) atoms. The molecule has 0 spiro atoms. The Morgan fingerprint density at radius 2 is 2.04 bits per heavy atom. The van der Waals surface area contributed by atoms with Gasteiger partial charge in [0.15, 0.2) is 0 Å². The number of aromatic nitrogens is 3. The second kappa shape index (κ2) is 7.47. The zero-order chi connectivity index (χ0) is 17.1. The summed E-state index contributed by atoms with van der Waals surface area (Å²) in [6.45, 7) is 10.4. The second-order valence-corrected chi connectivity index (χ2v) is 7.67. The zero-order valence-electron chi connectivity index (χ0n) is 15.5. The van der Waals surface area contributed by atoms with Crippen molar-refractivity contribution in [1.82, 2.24) is 19.4 Å². The van der Waals surface area contributed by atoms with Gasteiger partial charge in [0.05, 0.1) is 17.6 Å². The minimum Gasteiger partial charge on any atom is -0.330 e. The number of hydrogen-bond donors (Lipinski definition) is 0. The van der Waals surface area contributed by atoms with Crippen molar-refractivity contribution in [3.63, 3.8) is 0 Å². The van der Waals surface area contributed by atoms with Crippen molar-refractivity contribution >= 4 is 0 Å². The van der Waals surface area contributed by atoms with Gasteiger partial charge in [-0.1, -0.05) is 19.9 Å². The van der Waals surface area contributed by atoms with Crippen LogP contribution in [0.5, 0.6) is 0 Å². The highest BCUT2D eigenvalue weighted by Gasteiger charge is 2.20. The van der Waals surface area contributed by atoms with E-state index in [-0.39, 0.29) is 0 Å². The fraction of sp³-hybridized carbons (Fsp3) is 0.600. The minimum atomic E-state index is 0.757. The van der Waals surface area contributed by atoms with Crippen LogP contribution in [0.1, 0.15) is 38.1 Å². The summed E-state index contributed by atoms with van der Waals surface area (Å²) in [6, 6.07) is 4.38. The van der Waals surface area contributed by atoms with Crippen LogP contribution in [0.3, 0.4) is 0 Å². The predicted molar refractivity (Wildman–Crippen MR) is 98.9 cm³/mol. The summed E-state index contributed by atoms with van der Waals surface area (Å²) >= 11 is 0. The molecule has 1 saturated heterocycles. The van der Waals surface area contributed by atoms with Crippen molar-refractivity contribution < 1.29 is 0 Å². The Hall–Kier alpha value is -1.68. The summed E-state index contributed by atoms with van der Waals surface area (Å²) in [5, 5.41) is 0. The standard InChI is InChI=1S/C20H30N4/c1-15(2)13-24-9-5-6-18(14-24)10-17-7-8-19(22-11-17)20-12-21-16(3)23(20)4/h7-8,11-12,15,18H,5-6,9-10,13-14H2,1-4H3. The topological polar surface area (TPSA) is 34.0 Å². The first-order valence-corrected chi connectivity index (χ1v) is 9.19. The number of aryl methyl sites for hydroxylation is 1. The lowest BCUT2D eigenvalue weighted by molar-refractivity contribution is 0.158. The highest BCUT2D eigenvalue weighted by Crippen LogP contribution is 2.23. The summed E-state index contributed by atoms with van der Waals surface area (Å²) in [5.74, 6) is 2.54. The Kier molecular flexibility index (Phi) is 5.34. The molecule has 0 N–H and O–H groups in total. The lowest BCUT2D eigenvalue weighted by Crippen LogP contribution is -2.38. The molecule has 0 amide bonds. The van der Waals surface area contributed by atoms with E-state index in [9.17, 15) is 0 Å². The largest absolute Gasteiger partial charge is 0.330 e. The van der Waals surface area contributed by atoms with E-state index in [2.05, 4.69) is 51.6 Å². The first kappa shape index (κ1) is 17.2. The average Bonchev–Trinajstić information content (AvgIpc) is 2.88. The molecule has 1 aliphatic heterocycles. The lowest BCUT2D eigenvalue weighted by atomic mass is 9.91. The van der Waals surface area contributed by atoms with Crippen molar-refractivity contribution in [2.45, 2.75) is 40.0 Å². The molecule has 2 aromatic rings. The molecule has 3 heterocycles. The van der Waals surface area contributed by atoms with E-state index >= 15 is 0 Å². The molecule has 1 fully saturated rings. The normalized spacial score (nSPS) is 19.1. The molecule has 130 valence electrons. The summed E-state index contributed by atoms with van der Waals surface area (Å²) < 4.78 is 2.09. The maximum Gasteiger partial charge on any atom is 0.105 e. The molecule has 2 aromatic heterocycles. The average molecular weight is 326 g/mol. The first-order chi connectivity index (χ1) is 11.5. The van der Waals surface area contributed by atoms with Gasteiger partial charge in [-0.05, 0) is 56.2 Å². The number of hydrogen-bond acceptors (Lipinski definition) is 3. The van der Waals surface area contributed by atoms with Gasteiger partial charge < -0.3 is 9.47 Å². The molecule has 1 aliphatic rings. The molecular weight excluding hydrogens is 296 g/mol. The number of pyridine rings is 1. The molecule has 1 unspecified atom stereocenters. The van der Waals surface area contributed by atoms with Crippen molar-refractivity contribution in [3.8, 4) is 11.4 Å². The fourth-order valence-corrected chi connectivity index (χ4v) is 3.77. The van der Waals surface area contributed by atoms with Crippen molar-refractivity contribution in [2.24, 2.45) is 18.9 Å². The van der Waals surface area contributed by atoms with Crippen LogP contribution in [-0.4, -0.2) is 39.1 Å². The van der Waals surface area contributed by atoms with Gasteiger partial charge in [-0.25, -0.2) is 4.98 Å². The van der Waals surface area contributed by atoms with Gasteiger partial charge >= 0.3 is 0 Å². The maximum absolute atomic E-state index is 4.68. The van der Waals surface area contributed by atoms with Gasteiger partial charge in [0, 0.05) is 26.3 Å². The van der Waals surface area contributed by atoms with Gasteiger partial charge in [-0.3, -0.25) is 4.98 Å². The number of imidazole rings is 1. The first-order valence-electron chi connectivity index (χ1n) is 9.19. The monoisotopic (exact) mass is 326 g/mol. The molecule has 0 aliphatic carbocycles. The molecule has 4 nitrogen and oxygen atoms in total. The van der Waals surface area contributed by atoms with E-state index in [1.165, 1.54) is 38.0 Å². The van der Waals surface area contributed by atoms with Crippen LogP contribution in [0.2, 0.25) is 0 Å². The molecule has 1 atom stereocenters. The van der Waals surface area contributed by atoms with E-state index in [1.54, 1.807) is 0 Å². The van der Waals surface area contributed by atoms with Gasteiger partial charge in [0.1, 0.15) is 5.82 Å². The smallest absolute Gasteiger partial charge is 0.105 e. The van der Waals surface area contributed by atoms with Crippen molar-refractivity contribution in [1.29, 1.82) is 0 Å². The second-order valence-electron chi connectivity index (χ2n) is 7.67. The summed E-state index contributed by atoms with van der Waals surface area (Å²) in [7, 11) is 2.04. The Bertz CT molecular complexity index is 657. The molecule has 4 heteroatoms. The Labute approximate surface area is 145 Å². The van der Waals surface area contributed by atoms with Gasteiger partial charge in [0.2, 0.25) is 0 Å². The highest BCUT2D eigenvalue weighted by molar-refractivity contribution is 5.54. The Morgan fingerprint density at radius 3 is 2.67 bits per heavy atom. The number of piperidine rings is 1. The molecular formula is C20H30N4. The number of likely N-dealkylation sites (tertiary alicyclic amines) is 1. The highest BCUT2D eigenvalue weighted by atomic mass is 15.1. The van der Waals surface area contributed by atoms with E-state index in [1.807, 2.05) is 20.2 Å². The maximum atomic E-state index is 4.68. The van der Waals surface area contributed by atoms with Crippen LogP contribution in [-0.2, 0) is 13.5 Å². The molecule has 0 radical (unpaired) electrons. The minimum absolute atomic E-state index is 0.757. The van der Waals surface area contributed by atoms with Gasteiger partial charge in [-0.2, -0.15) is 0 Å². The number of nitrogens with zero attached hydrogens (tertiary/aromatic N) is 4. The SMILES string of the molecule is Cc1ncc(-c2ccc(CC3CCCN(CC(C)C)C3)cn2)n1C. The molecule has 0 bridgehead atoms. The van der Waals surface area contributed by atoms with Crippen LogP contribution < -0.4 is 0 Å². The third-order valence-corrected chi connectivity index (χ3v) is 5.06. The van der Waals surface area contributed by atoms with Crippen LogP contribution in [0, 0.1) is 18.8 Å². The van der Waals surface area contributed by atoms with Crippen LogP contribution in [0.15, 0.2) is 24.5 Å².